The second-order valence-corrected chi connectivity index (χ2v) is 8.37. The summed E-state index contributed by atoms with van der Waals surface area (Å²) in [7, 11) is 4.91. The summed E-state index contributed by atoms with van der Waals surface area (Å²) in [6.07, 6.45) is 3.03. The lowest BCUT2D eigenvalue weighted by Gasteiger charge is -2.37. The number of ether oxygens (including phenoxy) is 3. The Labute approximate surface area is 168 Å². The third-order valence-electron chi connectivity index (χ3n) is 5.94. The minimum absolute atomic E-state index is 0.303. The first-order chi connectivity index (χ1) is 13.5. The van der Waals surface area contributed by atoms with Gasteiger partial charge < -0.3 is 19.1 Å². The van der Waals surface area contributed by atoms with E-state index in [2.05, 4.69) is 23.6 Å². The molecule has 2 fully saturated rings. The number of amides is 1. The minimum Gasteiger partial charge on any atom is -0.493 e. The quantitative estimate of drug-likeness (QED) is 0.716. The first-order valence-electron chi connectivity index (χ1n) is 10.3. The molecule has 1 amide bonds. The first kappa shape index (κ1) is 20.8. The van der Waals surface area contributed by atoms with Crippen molar-refractivity contribution < 1.29 is 19.0 Å². The number of nitrogens with zero attached hydrogens (tertiary/aromatic N) is 2. The molecule has 0 radical (unpaired) electrons. The topological polar surface area (TPSA) is 51.2 Å². The standard InChI is InChI=1S/C22H34N2O4/c1-15(2)9-21(25)24-13-17-7-6-8-23(18(17)14-24)12-16-10-19(26-3)22(28-5)20(11-16)27-4/h10-11,15,17-18H,6-9,12-14H2,1-5H3/t17-,18+/m1/s1. The highest BCUT2D eigenvalue weighted by atomic mass is 16.5. The minimum atomic E-state index is 0.303. The van der Waals surface area contributed by atoms with Crippen LogP contribution in [0.1, 0.15) is 38.7 Å². The molecule has 0 aliphatic carbocycles. The number of hydrogen-bond donors (Lipinski definition) is 0. The molecular formula is C22H34N2O4. The molecule has 2 atom stereocenters. The Kier molecular flexibility index (Phi) is 6.70. The van der Waals surface area contributed by atoms with Gasteiger partial charge in [-0.05, 0) is 48.9 Å². The summed E-state index contributed by atoms with van der Waals surface area (Å²) in [5.74, 6) is 3.28. The number of carbonyl (C=O) groups excluding carboxylic acids is 1. The highest BCUT2D eigenvalue weighted by Crippen LogP contribution is 2.39. The number of likely N-dealkylation sites (tertiary alicyclic amines) is 2. The van der Waals surface area contributed by atoms with Crippen LogP contribution < -0.4 is 14.2 Å². The molecule has 0 aromatic heterocycles. The van der Waals surface area contributed by atoms with Gasteiger partial charge in [0, 0.05) is 32.1 Å². The van der Waals surface area contributed by atoms with E-state index in [0.29, 0.717) is 47.5 Å². The Morgan fingerprint density at radius 1 is 1.11 bits per heavy atom. The van der Waals surface area contributed by atoms with Crippen molar-refractivity contribution in [3.63, 3.8) is 0 Å². The van der Waals surface area contributed by atoms with E-state index in [0.717, 1.165) is 31.7 Å². The largest absolute Gasteiger partial charge is 0.493 e. The Morgan fingerprint density at radius 2 is 1.79 bits per heavy atom. The maximum atomic E-state index is 12.6. The van der Waals surface area contributed by atoms with E-state index >= 15 is 0 Å². The molecule has 0 saturated carbocycles. The third-order valence-corrected chi connectivity index (χ3v) is 5.94. The van der Waals surface area contributed by atoms with Crippen molar-refractivity contribution in [2.75, 3.05) is 41.0 Å². The second kappa shape index (κ2) is 9.03. The van der Waals surface area contributed by atoms with Crippen LogP contribution in [0.15, 0.2) is 12.1 Å². The fourth-order valence-corrected chi connectivity index (χ4v) is 4.61. The summed E-state index contributed by atoms with van der Waals surface area (Å²) < 4.78 is 16.4. The molecule has 6 nitrogen and oxygen atoms in total. The summed E-state index contributed by atoms with van der Waals surface area (Å²) in [6, 6.07) is 4.49. The Hall–Kier alpha value is -1.95. The van der Waals surface area contributed by atoms with Crippen molar-refractivity contribution in [2.24, 2.45) is 11.8 Å². The van der Waals surface area contributed by atoms with Gasteiger partial charge in [-0.2, -0.15) is 0 Å². The van der Waals surface area contributed by atoms with E-state index in [1.165, 1.54) is 12.8 Å². The molecule has 2 saturated heterocycles. The number of fused-ring (bicyclic) bond motifs is 1. The van der Waals surface area contributed by atoms with E-state index in [-0.39, 0.29) is 0 Å². The van der Waals surface area contributed by atoms with Crippen molar-refractivity contribution in [3.05, 3.63) is 17.7 Å². The van der Waals surface area contributed by atoms with Gasteiger partial charge in [-0.25, -0.2) is 0 Å². The van der Waals surface area contributed by atoms with Crippen LogP contribution in [0.25, 0.3) is 0 Å². The third kappa shape index (κ3) is 4.37. The number of hydrogen-bond acceptors (Lipinski definition) is 5. The second-order valence-electron chi connectivity index (χ2n) is 8.37. The van der Waals surface area contributed by atoms with Gasteiger partial charge >= 0.3 is 0 Å². The van der Waals surface area contributed by atoms with Gasteiger partial charge in [-0.1, -0.05) is 13.8 Å². The smallest absolute Gasteiger partial charge is 0.222 e. The van der Waals surface area contributed by atoms with Crippen molar-refractivity contribution in [2.45, 2.75) is 45.7 Å². The highest BCUT2D eigenvalue weighted by molar-refractivity contribution is 5.76. The number of piperidine rings is 1. The zero-order valence-electron chi connectivity index (χ0n) is 17.9. The summed E-state index contributed by atoms with van der Waals surface area (Å²) in [5.41, 5.74) is 1.14. The van der Waals surface area contributed by atoms with Crippen LogP contribution in [0, 0.1) is 11.8 Å². The number of benzene rings is 1. The number of rotatable bonds is 7. The molecule has 0 unspecified atom stereocenters. The predicted molar refractivity (Wildman–Crippen MR) is 109 cm³/mol. The van der Waals surface area contributed by atoms with Gasteiger partial charge in [-0.3, -0.25) is 9.69 Å². The van der Waals surface area contributed by atoms with Gasteiger partial charge in [0.05, 0.1) is 21.3 Å². The lowest BCUT2D eigenvalue weighted by atomic mass is 9.91. The summed E-state index contributed by atoms with van der Waals surface area (Å²) in [5, 5.41) is 0. The number of carbonyl (C=O) groups is 1. The molecule has 28 heavy (non-hydrogen) atoms. The van der Waals surface area contributed by atoms with Crippen LogP contribution in [0.2, 0.25) is 0 Å². The summed E-state index contributed by atoms with van der Waals surface area (Å²) in [6.45, 7) is 7.85. The van der Waals surface area contributed by atoms with Gasteiger partial charge in [0.15, 0.2) is 11.5 Å². The van der Waals surface area contributed by atoms with E-state index in [9.17, 15) is 4.79 Å². The lowest BCUT2D eigenvalue weighted by molar-refractivity contribution is -0.131. The fourth-order valence-electron chi connectivity index (χ4n) is 4.61. The average molecular weight is 391 g/mol. The lowest BCUT2D eigenvalue weighted by Crippen LogP contribution is -2.44. The zero-order chi connectivity index (χ0) is 20.3. The Balaban J connectivity index is 1.75. The zero-order valence-corrected chi connectivity index (χ0v) is 17.9. The van der Waals surface area contributed by atoms with Gasteiger partial charge in [0.25, 0.3) is 0 Å². The van der Waals surface area contributed by atoms with Crippen LogP contribution in [-0.4, -0.2) is 62.7 Å². The van der Waals surface area contributed by atoms with Crippen molar-refractivity contribution in [1.29, 1.82) is 0 Å². The van der Waals surface area contributed by atoms with E-state index < -0.39 is 0 Å². The molecule has 156 valence electrons. The molecule has 1 aromatic rings. The first-order valence-corrected chi connectivity index (χ1v) is 10.3. The summed E-state index contributed by atoms with van der Waals surface area (Å²) in [4.78, 5) is 17.2. The molecule has 0 bridgehead atoms. The highest BCUT2D eigenvalue weighted by Gasteiger charge is 2.40. The average Bonchev–Trinajstić information content (AvgIpc) is 3.12. The van der Waals surface area contributed by atoms with E-state index in [1.807, 2.05) is 12.1 Å². The molecule has 3 rings (SSSR count). The maximum absolute atomic E-state index is 12.6. The Morgan fingerprint density at radius 3 is 2.36 bits per heavy atom. The maximum Gasteiger partial charge on any atom is 0.222 e. The molecule has 0 N–H and O–H groups in total. The number of methoxy groups -OCH3 is 3. The van der Waals surface area contributed by atoms with Crippen molar-refractivity contribution in [1.82, 2.24) is 9.80 Å². The SMILES string of the molecule is COc1cc(CN2CCC[C@@H]3CN(C(=O)CC(C)C)C[C@@H]32)cc(OC)c1OC. The van der Waals surface area contributed by atoms with Gasteiger partial charge in [0.2, 0.25) is 11.7 Å². The fraction of sp³-hybridized carbons (Fsp3) is 0.682. The monoisotopic (exact) mass is 390 g/mol. The molecule has 6 heteroatoms. The van der Waals surface area contributed by atoms with Crippen LogP contribution in [0.3, 0.4) is 0 Å². The van der Waals surface area contributed by atoms with Crippen LogP contribution in [-0.2, 0) is 11.3 Å². The molecule has 0 spiro atoms. The van der Waals surface area contributed by atoms with Gasteiger partial charge in [0.1, 0.15) is 0 Å². The van der Waals surface area contributed by atoms with E-state index in [4.69, 9.17) is 14.2 Å². The van der Waals surface area contributed by atoms with Gasteiger partial charge in [-0.15, -0.1) is 0 Å². The molecular weight excluding hydrogens is 356 g/mol. The van der Waals surface area contributed by atoms with Crippen molar-refractivity contribution >= 4 is 5.91 Å². The molecule has 1 aromatic carbocycles. The van der Waals surface area contributed by atoms with Crippen LogP contribution in [0.5, 0.6) is 17.2 Å². The molecule has 2 aliphatic heterocycles. The van der Waals surface area contributed by atoms with Crippen LogP contribution >= 0.6 is 0 Å². The molecule has 2 heterocycles. The Bertz CT molecular complexity index is 666. The molecule has 2 aliphatic rings. The predicted octanol–water partition coefficient (Wildman–Crippen LogP) is 3.18. The van der Waals surface area contributed by atoms with Crippen LogP contribution in [0.4, 0.5) is 0 Å². The normalized spacial score (nSPS) is 22.3. The van der Waals surface area contributed by atoms with E-state index in [1.54, 1.807) is 21.3 Å². The van der Waals surface area contributed by atoms with Crippen molar-refractivity contribution in [3.8, 4) is 17.2 Å². The summed E-state index contributed by atoms with van der Waals surface area (Å²) >= 11 is 0.